The van der Waals surface area contributed by atoms with E-state index >= 15 is 0 Å². The zero-order chi connectivity index (χ0) is 22.3. The quantitative estimate of drug-likeness (QED) is 0.400. The molecule has 0 fully saturated rings. The van der Waals surface area contributed by atoms with Crippen LogP contribution in [0.2, 0.25) is 0 Å². The van der Waals surface area contributed by atoms with Gasteiger partial charge in [0.1, 0.15) is 11.5 Å². The number of rotatable bonds is 8. The van der Waals surface area contributed by atoms with E-state index in [1.807, 2.05) is 54.6 Å². The lowest BCUT2D eigenvalue weighted by atomic mass is 10.1. The standard InChI is InChI=1S/C24H19F2N3O3/c25-24(26)32-22-9-5-4-8-20(22)27-23(30)21-14-15-29(28-21)16-31-19-12-10-18(11-13-19)17-6-2-1-3-7-17/h1-15,24H,16H2,(H,27,30). The molecule has 3 aromatic carbocycles. The van der Waals surface area contributed by atoms with E-state index in [0.717, 1.165) is 11.1 Å². The summed E-state index contributed by atoms with van der Waals surface area (Å²) in [7, 11) is 0. The van der Waals surface area contributed by atoms with E-state index < -0.39 is 12.5 Å². The van der Waals surface area contributed by atoms with Crippen molar-refractivity contribution in [1.82, 2.24) is 9.78 Å². The Labute approximate surface area is 183 Å². The molecule has 162 valence electrons. The molecule has 1 heterocycles. The summed E-state index contributed by atoms with van der Waals surface area (Å²) in [5.41, 5.74) is 2.43. The summed E-state index contributed by atoms with van der Waals surface area (Å²) in [4.78, 5) is 12.4. The number of anilines is 1. The lowest BCUT2D eigenvalue weighted by molar-refractivity contribution is -0.0493. The molecule has 0 bridgehead atoms. The molecule has 1 N–H and O–H groups in total. The van der Waals surface area contributed by atoms with Crippen LogP contribution in [0.5, 0.6) is 11.5 Å². The van der Waals surface area contributed by atoms with E-state index in [9.17, 15) is 13.6 Å². The summed E-state index contributed by atoms with van der Waals surface area (Å²) in [5, 5.41) is 6.69. The minimum atomic E-state index is -2.99. The number of para-hydroxylation sites is 2. The van der Waals surface area contributed by atoms with Gasteiger partial charge in [-0.15, -0.1) is 0 Å². The van der Waals surface area contributed by atoms with Gasteiger partial charge in [-0.2, -0.15) is 13.9 Å². The Morgan fingerprint density at radius 3 is 2.34 bits per heavy atom. The molecule has 0 radical (unpaired) electrons. The molecule has 0 aliphatic rings. The van der Waals surface area contributed by atoms with Crippen LogP contribution in [0.25, 0.3) is 11.1 Å². The van der Waals surface area contributed by atoms with Crippen molar-refractivity contribution in [2.75, 3.05) is 5.32 Å². The van der Waals surface area contributed by atoms with Crippen LogP contribution < -0.4 is 14.8 Å². The highest BCUT2D eigenvalue weighted by atomic mass is 19.3. The number of alkyl halides is 2. The summed E-state index contributed by atoms with van der Waals surface area (Å²) in [6.07, 6.45) is 1.59. The zero-order valence-corrected chi connectivity index (χ0v) is 16.8. The highest BCUT2D eigenvalue weighted by molar-refractivity contribution is 6.03. The van der Waals surface area contributed by atoms with Gasteiger partial charge in [-0.3, -0.25) is 4.79 Å². The molecule has 4 aromatic rings. The van der Waals surface area contributed by atoms with E-state index in [2.05, 4.69) is 15.2 Å². The lowest BCUT2D eigenvalue weighted by Crippen LogP contribution is -2.15. The molecule has 0 saturated carbocycles. The molecule has 1 amide bonds. The van der Waals surface area contributed by atoms with Crippen LogP contribution in [0.3, 0.4) is 0 Å². The first-order valence-corrected chi connectivity index (χ1v) is 9.75. The van der Waals surface area contributed by atoms with Gasteiger partial charge in [0.05, 0.1) is 5.69 Å². The SMILES string of the molecule is O=C(Nc1ccccc1OC(F)F)c1ccn(COc2ccc(-c3ccccc3)cc2)n1. The minimum Gasteiger partial charge on any atom is -0.471 e. The van der Waals surface area contributed by atoms with Crippen molar-refractivity contribution in [2.24, 2.45) is 0 Å². The van der Waals surface area contributed by atoms with Gasteiger partial charge in [-0.25, -0.2) is 4.68 Å². The molecular weight excluding hydrogens is 416 g/mol. The fourth-order valence-electron chi connectivity index (χ4n) is 3.02. The number of aromatic nitrogens is 2. The van der Waals surface area contributed by atoms with Crippen molar-refractivity contribution in [3.8, 4) is 22.6 Å². The number of hydrogen-bond donors (Lipinski definition) is 1. The third-order valence-electron chi connectivity index (χ3n) is 4.55. The van der Waals surface area contributed by atoms with E-state index in [0.29, 0.717) is 5.75 Å². The Morgan fingerprint density at radius 2 is 1.59 bits per heavy atom. The average Bonchev–Trinajstić information content (AvgIpc) is 3.29. The predicted molar refractivity (Wildman–Crippen MR) is 116 cm³/mol. The maximum absolute atomic E-state index is 12.5. The highest BCUT2D eigenvalue weighted by Gasteiger charge is 2.14. The number of nitrogens with one attached hydrogen (secondary N) is 1. The van der Waals surface area contributed by atoms with Gasteiger partial charge in [0.25, 0.3) is 5.91 Å². The number of ether oxygens (including phenoxy) is 2. The normalized spacial score (nSPS) is 10.7. The molecule has 0 saturated heterocycles. The number of carbonyl (C=O) groups excluding carboxylic acids is 1. The molecule has 6 nitrogen and oxygen atoms in total. The van der Waals surface area contributed by atoms with Gasteiger partial charge in [-0.1, -0.05) is 54.6 Å². The first-order valence-electron chi connectivity index (χ1n) is 9.75. The van der Waals surface area contributed by atoms with Crippen LogP contribution in [0.15, 0.2) is 91.1 Å². The molecule has 32 heavy (non-hydrogen) atoms. The molecule has 1 aromatic heterocycles. The number of carbonyl (C=O) groups is 1. The van der Waals surface area contributed by atoms with Crippen molar-refractivity contribution in [3.63, 3.8) is 0 Å². The summed E-state index contributed by atoms with van der Waals surface area (Å²) in [6, 6.07) is 25.1. The Bertz CT molecular complexity index is 1180. The van der Waals surface area contributed by atoms with Gasteiger partial charge >= 0.3 is 6.61 Å². The second-order valence-electron chi connectivity index (χ2n) is 6.73. The van der Waals surface area contributed by atoms with Crippen LogP contribution in [0.1, 0.15) is 10.5 Å². The third-order valence-corrected chi connectivity index (χ3v) is 4.55. The zero-order valence-electron chi connectivity index (χ0n) is 16.8. The maximum Gasteiger partial charge on any atom is 0.387 e. The number of benzene rings is 3. The minimum absolute atomic E-state index is 0.100. The Kier molecular flexibility index (Phi) is 6.41. The highest BCUT2D eigenvalue weighted by Crippen LogP contribution is 2.26. The molecule has 0 atom stereocenters. The van der Waals surface area contributed by atoms with Gasteiger partial charge in [0.15, 0.2) is 12.4 Å². The van der Waals surface area contributed by atoms with Crippen molar-refractivity contribution in [3.05, 3.63) is 96.8 Å². The summed E-state index contributed by atoms with van der Waals surface area (Å²) >= 11 is 0. The Hall–Kier alpha value is -4.20. The van der Waals surface area contributed by atoms with Crippen LogP contribution in [0.4, 0.5) is 14.5 Å². The van der Waals surface area contributed by atoms with Crippen LogP contribution >= 0.6 is 0 Å². The van der Waals surface area contributed by atoms with E-state index in [4.69, 9.17) is 4.74 Å². The van der Waals surface area contributed by atoms with Crippen molar-refractivity contribution >= 4 is 11.6 Å². The fourth-order valence-corrected chi connectivity index (χ4v) is 3.02. The molecule has 8 heteroatoms. The lowest BCUT2D eigenvalue weighted by Gasteiger charge is -2.10. The summed E-state index contributed by atoms with van der Waals surface area (Å²) in [6.45, 7) is -2.89. The van der Waals surface area contributed by atoms with Gasteiger partial charge in [0, 0.05) is 6.20 Å². The average molecular weight is 435 g/mol. The predicted octanol–water partition coefficient (Wildman–Crippen LogP) is 5.44. The number of amides is 1. The first-order chi connectivity index (χ1) is 15.6. The molecular formula is C24H19F2N3O3. The smallest absolute Gasteiger partial charge is 0.387 e. The number of halogens is 2. The Morgan fingerprint density at radius 1 is 0.906 bits per heavy atom. The van der Waals surface area contributed by atoms with Crippen LogP contribution in [-0.2, 0) is 6.73 Å². The van der Waals surface area contributed by atoms with E-state index in [-0.39, 0.29) is 23.9 Å². The molecule has 0 aliphatic carbocycles. The van der Waals surface area contributed by atoms with Crippen molar-refractivity contribution in [1.29, 1.82) is 0 Å². The second-order valence-corrected chi connectivity index (χ2v) is 6.73. The largest absolute Gasteiger partial charge is 0.471 e. The van der Waals surface area contributed by atoms with Crippen molar-refractivity contribution in [2.45, 2.75) is 13.3 Å². The topological polar surface area (TPSA) is 65.4 Å². The maximum atomic E-state index is 12.5. The van der Waals surface area contributed by atoms with E-state index in [1.165, 1.54) is 28.9 Å². The van der Waals surface area contributed by atoms with E-state index in [1.54, 1.807) is 12.3 Å². The fraction of sp³-hybridized carbons (Fsp3) is 0.0833. The Balaban J connectivity index is 1.36. The molecule has 0 aliphatic heterocycles. The number of nitrogens with zero attached hydrogens (tertiary/aromatic N) is 2. The summed E-state index contributed by atoms with van der Waals surface area (Å²) < 4.78 is 36.7. The second kappa shape index (κ2) is 9.74. The summed E-state index contributed by atoms with van der Waals surface area (Å²) in [5.74, 6) is -0.0249. The monoisotopic (exact) mass is 435 g/mol. The van der Waals surface area contributed by atoms with Crippen LogP contribution in [-0.4, -0.2) is 22.3 Å². The third kappa shape index (κ3) is 5.28. The van der Waals surface area contributed by atoms with Gasteiger partial charge < -0.3 is 14.8 Å². The van der Waals surface area contributed by atoms with Crippen LogP contribution in [0, 0.1) is 0 Å². The molecule has 0 unspecified atom stereocenters. The van der Waals surface area contributed by atoms with Gasteiger partial charge in [-0.05, 0) is 41.5 Å². The molecule has 0 spiro atoms. The first kappa shape index (κ1) is 21.0. The van der Waals surface area contributed by atoms with Gasteiger partial charge in [0.2, 0.25) is 0 Å². The molecule has 4 rings (SSSR count). The van der Waals surface area contributed by atoms with Crippen molar-refractivity contribution < 1.29 is 23.0 Å². The number of hydrogen-bond acceptors (Lipinski definition) is 4.